The minimum Gasteiger partial charge on any atom is -0.449 e. The molecule has 1 fully saturated rings. The summed E-state index contributed by atoms with van der Waals surface area (Å²) < 4.78 is 5.35. The lowest BCUT2D eigenvalue weighted by Crippen LogP contribution is -2.14. The van der Waals surface area contributed by atoms with Crippen LogP contribution in [0.1, 0.15) is 60.5 Å². The van der Waals surface area contributed by atoms with Gasteiger partial charge in [-0.3, -0.25) is 0 Å². The monoisotopic (exact) mass is 354 g/mol. The average molecular weight is 354 g/mol. The van der Waals surface area contributed by atoms with E-state index in [1.54, 1.807) is 6.34 Å². The van der Waals surface area contributed by atoms with Crippen LogP contribution in [0.15, 0.2) is 17.1 Å². The number of carbonyl (C=O) groups excluding carboxylic acids is 1. The molecule has 0 heterocycles. The Morgan fingerprint density at radius 1 is 1.27 bits per heavy atom. The highest BCUT2D eigenvalue weighted by atomic mass is 16.5. The third kappa shape index (κ3) is 5.91. The van der Waals surface area contributed by atoms with E-state index in [1.807, 2.05) is 37.9 Å². The van der Waals surface area contributed by atoms with E-state index in [1.165, 1.54) is 32.1 Å². The zero-order valence-electron chi connectivity index (χ0n) is 16.5. The lowest BCUT2D eigenvalue weighted by atomic mass is 9.90. The molecule has 0 bridgehead atoms. The molecular weight excluding hydrogens is 324 g/mol. The number of aliphatic imine (C=N–C) groups is 1. The van der Waals surface area contributed by atoms with Crippen LogP contribution in [0.5, 0.6) is 0 Å². The first-order valence-electron chi connectivity index (χ1n) is 9.52. The highest BCUT2D eigenvalue weighted by Gasteiger charge is 2.13. The van der Waals surface area contributed by atoms with Crippen LogP contribution >= 0.6 is 0 Å². The molecule has 0 aliphatic heterocycles. The number of benzene rings is 1. The first kappa shape index (κ1) is 20.0. The van der Waals surface area contributed by atoms with Gasteiger partial charge in [-0.15, -0.1) is 0 Å². The quantitative estimate of drug-likeness (QED) is 0.334. The Balaban J connectivity index is 1.97. The molecular formula is C22H30N2O2. The van der Waals surface area contributed by atoms with Gasteiger partial charge >= 0.3 is 5.97 Å². The van der Waals surface area contributed by atoms with E-state index in [2.05, 4.69) is 23.8 Å². The van der Waals surface area contributed by atoms with Crippen molar-refractivity contribution in [3.63, 3.8) is 0 Å². The molecule has 2 rings (SSSR count). The summed E-state index contributed by atoms with van der Waals surface area (Å²) in [4.78, 5) is 18.8. The summed E-state index contributed by atoms with van der Waals surface area (Å²) in [6, 6.07) is 3.78. The standard InChI is InChI=1S/C22H30N2O2/c1-5-24(4)16-23-21-15-17(2)20(14-18(21)3)22(25)26-13-9-12-19-10-7-6-8-11-19/h14-16,19H,5-8,10-11,13H2,1-4H3. The maximum Gasteiger partial charge on any atom is 0.339 e. The second kappa shape index (κ2) is 10.0. The fourth-order valence-electron chi connectivity index (χ4n) is 3.01. The van der Waals surface area contributed by atoms with E-state index in [9.17, 15) is 4.79 Å². The Hall–Kier alpha value is -2.28. The number of rotatable bonds is 5. The van der Waals surface area contributed by atoms with Crippen molar-refractivity contribution in [2.45, 2.75) is 52.9 Å². The summed E-state index contributed by atoms with van der Waals surface area (Å²) >= 11 is 0. The van der Waals surface area contributed by atoms with Crippen molar-refractivity contribution in [1.29, 1.82) is 0 Å². The second-order valence-electron chi connectivity index (χ2n) is 7.00. The molecule has 1 aromatic rings. The smallest absolute Gasteiger partial charge is 0.339 e. The highest BCUT2D eigenvalue weighted by Crippen LogP contribution is 2.24. The third-order valence-corrected chi connectivity index (χ3v) is 4.84. The zero-order chi connectivity index (χ0) is 18.9. The van der Waals surface area contributed by atoms with E-state index in [0.717, 1.165) is 23.4 Å². The molecule has 140 valence electrons. The molecule has 1 aromatic carbocycles. The van der Waals surface area contributed by atoms with Gasteiger partial charge in [-0.2, -0.15) is 0 Å². The van der Waals surface area contributed by atoms with E-state index in [-0.39, 0.29) is 12.6 Å². The van der Waals surface area contributed by atoms with Crippen LogP contribution in [0.3, 0.4) is 0 Å². The van der Waals surface area contributed by atoms with Gasteiger partial charge in [0.2, 0.25) is 0 Å². The molecule has 0 unspecified atom stereocenters. The van der Waals surface area contributed by atoms with Crippen LogP contribution in [0, 0.1) is 31.6 Å². The Morgan fingerprint density at radius 3 is 2.69 bits per heavy atom. The highest BCUT2D eigenvalue weighted by molar-refractivity contribution is 5.92. The van der Waals surface area contributed by atoms with Gasteiger partial charge in [-0.05, 0) is 56.9 Å². The molecule has 26 heavy (non-hydrogen) atoms. The maximum atomic E-state index is 12.4. The predicted molar refractivity (Wildman–Crippen MR) is 107 cm³/mol. The Bertz CT molecular complexity index is 707. The Kier molecular flexibility index (Phi) is 7.72. The minimum atomic E-state index is -0.315. The van der Waals surface area contributed by atoms with E-state index in [0.29, 0.717) is 11.5 Å². The van der Waals surface area contributed by atoms with Gasteiger partial charge in [0, 0.05) is 19.5 Å². The van der Waals surface area contributed by atoms with Crippen molar-refractivity contribution < 1.29 is 9.53 Å². The largest absolute Gasteiger partial charge is 0.449 e. The summed E-state index contributed by atoms with van der Waals surface area (Å²) in [6.45, 7) is 6.99. The van der Waals surface area contributed by atoms with Crippen molar-refractivity contribution in [2.24, 2.45) is 10.9 Å². The summed E-state index contributed by atoms with van der Waals surface area (Å²) in [5.41, 5.74) is 3.28. The van der Waals surface area contributed by atoms with Crippen molar-refractivity contribution in [2.75, 3.05) is 20.2 Å². The fraction of sp³-hybridized carbons (Fsp3) is 0.545. The Morgan fingerprint density at radius 2 is 2.00 bits per heavy atom. The van der Waals surface area contributed by atoms with Crippen LogP contribution < -0.4 is 0 Å². The van der Waals surface area contributed by atoms with Crippen LogP contribution in [0.2, 0.25) is 0 Å². The molecule has 0 radical (unpaired) electrons. The topological polar surface area (TPSA) is 41.9 Å². The first-order chi connectivity index (χ1) is 12.5. The van der Waals surface area contributed by atoms with Crippen LogP contribution in [0.25, 0.3) is 0 Å². The van der Waals surface area contributed by atoms with Crippen molar-refractivity contribution in [1.82, 2.24) is 4.90 Å². The number of carbonyl (C=O) groups is 1. The number of aryl methyl sites for hydroxylation is 2. The van der Waals surface area contributed by atoms with Gasteiger partial charge in [0.25, 0.3) is 0 Å². The van der Waals surface area contributed by atoms with Crippen LogP contribution in [0.4, 0.5) is 5.69 Å². The number of hydrogen-bond acceptors (Lipinski definition) is 3. The summed E-state index contributed by atoms with van der Waals surface area (Å²) in [5, 5.41) is 0. The lowest BCUT2D eigenvalue weighted by molar-refractivity contribution is 0.0555. The molecule has 0 spiro atoms. The molecule has 4 heteroatoms. The Labute approximate surface area is 157 Å². The first-order valence-corrected chi connectivity index (χ1v) is 9.52. The third-order valence-electron chi connectivity index (χ3n) is 4.84. The summed E-state index contributed by atoms with van der Waals surface area (Å²) in [6.07, 6.45) is 8.01. The van der Waals surface area contributed by atoms with Crippen LogP contribution in [-0.2, 0) is 4.74 Å². The van der Waals surface area contributed by atoms with Crippen molar-refractivity contribution in [3.05, 3.63) is 28.8 Å². The average Bonchev–Trinajstić information content (AvgIpc) is 2.65. The molecule has 1 saturated carbocycles. The van der Waals surface area contributed by atoms with Gasteiger partial charge in [0.1, 0.15) is 0 Å². The zero-order valence-corrected chi connectivity index (χ0v) is 16.5. The molecule has 0 atom stereocenters. The molecule has 0 amide bonds. The van der Waals surface area contributed by atoms with Crippen molar-refractivity contribution in [3.8, 4) is 11.8 Å². The molecule has 4 nitrogen and oxygen atoms in total. The molecule has 0 N–H and O–H groups in total. The summed E-state index contributed by atoms with van der Waals surface area (Å²) in [7, 11) is 1.98. The van der Waals surface area contributed by atoms with Crippen LogP contribution in [-0.4, -0.2) is 37.4 Å². The predicted octanol–water partition coefficient (Wildman–Crippen LogP) is 4.66. The molecule has 0 aromatic heterocycles. The number of hydrogen-bond donors (Lipinski definition) is 0. The van der Waals surface area contributed by atoms with E-state index < -0.39 is 0 Å². The normalized spacial score (nSPS) is 14.8. The lowest BCUT2D eigenvalue weighted by Gasteiger charge is -2.15. The fourth-order valence-corrected chi connectivity index (χ4v) is 3.01. The minimum absolute atomic E-state index is 0.162. The van der Waals surface area contributed by atoms with Gasteiger partial charge in [-0.1, -0.05) is 31.1 Å². The van der Waals surface area contributed by atoms with Gasteiger partial charge < -0.3 is 9.64 Å². The van der Waals surface area contributed by atoms with E-state index in [4.69, 9.17) is 4.74 Å². The molecule has 1 aliphatic carbocycles. The maximum absolute atomic E-state index is 12.4. The van der Waals surface area contributed by atoms with Gasteiger partial charge in [0.15, 0.2) is 6.61 Å². The molecule has 0 saturated heterocycles. The second-order valence-corrected chi connectivity index (χ2v) is 7.00. The summed E-state index contributed by atoms with van der Waals surface area (Å²) in [5.74, 6) is 6.43. The number of nitrogens with zero attached hydrogens (tertiary/aromatic N) is 2. The molecule has 1 aliphatic rings. The number of esters is 1. The van der Waals surface area contributed by atoms with E-state index >= 15 is 0 Å². The SMILES string of the molecule is CCN(C)C=Nc1cc(C)c(C(=O)OCC#CC2CCCCC2)cc1C. The number of ether oxygens (including phenoxy) is 1. The van der Waals surface area contributed by atoms with Crippen molar-refractivity contribution >= 4 is 18.0 Å². The van der Waals surface area contributed by atoms with Gasteiger partial charge in [-0.25, -0.2) is 9.79 Å². The van der Waals surface area contributed by atoms with Gasteiger partial charge in [0.05, 0.1) is 17.6 Å².